The molecule has 96 valence electrons. The van der Waals surface area contributed by atoms with Crippen molar-refractivity contribution in [3.05, 3.63) is 39.0 Å². The molecule has 3 heterocycles. The molecule has 1 atom stereocenters. The van der Waals surface area contributed by atoms with Crippen LogP contribution in [0.2, 0.25) is 0 Å². The van der Waals surface area contributed by atoms with Gasteiger partial charge >= 0.3 is 0 Å². The SMILES string of the molecule is Brc1ccc(CCn2cncc2C2CCCN2)s1. The number of hydrogen-bond donors (Lipinski definition) is 1. The lowest BCUT2D eigenvalue weighted by molar-refractivity contribution is 0.564. The third-order valence-electron chi connectivity index (χ3n) is 3.39. The lowest BCUT2D eigenvalue weighted by Crippen LogP contribution is -2.17. The number of halogens is 1. The minimum atomic E-state index is 0.502. The first-order valence-corrected chi connectivity index (χ1v) is 7.91. The molecule has 0 amide bonds. The standard InChI is InChI=1S/C13H16BrN3S/c14-13-4-3-10(18-13)5-7-17-9-15-8-12(17)11-2-1-6-16-11/h3-4,8-9,11,16H,1-2,5-7H2. The Hall–Kier alpha value is -0.650. The van der Waals surface area contributed by atoms with Gasteiger partial charge in [0, 0.05) is 23.7 Å². The summed E-state index contributed by atoms with van der Waals surface area (Å²) in [5.74, 6) is 0. The third kappa shape index (κ3) is 2.68. The zero-order chi connectivity index (χ0) is 12.4. The van der Waals surface area contributed by atoms with Crippen molar-refractivity contribution >= 4 is 27.3 Å². The Morgan fingerprint density at radius 2 is 2.44 bits per heavy atom. The maximum atomic E-state index is 4.30. The normalized spacial score (nSPS) is 19.5. The summed E-state index contributed by atoms with van der Waals surface area (Å²) in [5.41, 5.74) is 1.34. The topological polar surface area (TPSA) is 29.9 Å². The lowest BCUT2D eigenvalue weighted by atomic mass is 10.2. The Morgan fingerprint density at radius 3 is 3.17 bits per heavy atom. The predicted molar refractivity (Wildman–Crippen MR) is 77.9 cm³/mol. The van der Waals surface area contributed by atoms with Crippen LogP contribution in [0.4, 0.5) is 0 Å². The van der Waals surface area contributed by atoms with E-state index in [2.05, 4.69) is 42.9 Å². The van der Waals surface area contributed by atoms with E-state index in [-0.39, 0.29) is 0 Å². The molecule has 3 nitrogen and oxygen atoms in total. The van der Waals surface area contributed by atoms with Crippen molar-refractivity contribution in [2.75, 3.05) is 6.54 Å². The van der Waals surface area contributed by atoms with Crippen molar-refractivity contribution < 1.29 is 0 Å². The fraction of sp³-hybridized carbons (Fsp3) is 0.462. The molecule has 3 rings (SSSR count). The maximum absolute atomic E-state index is 4.30. The zero-order valence-electron chi connectivity index (χ0n) is 10.1. The molecule has 0 aliphatic carbocycles. The molecule has 5 heteroatoms. The van der Waals surface area contributed by atoms with E-state index in [1.54, 1.807) is 0 Å². The van der Waals surface area contributed by atoms with Crippen molar-refractivity contribution in [1.82, 2.24) is 14.9 Å². The number of aromatic nitrogens is 2. The number of nitrogens with zero attached hydrogens (tertiary/aromatic N) is 2. The van der Waals surface area contributed by atoms with Gasteiger partial charge in [0.05, 0.1) is 15.8 Å². The second-order valence-corrected chi connectivity index (χ2v) is 7.16. The van der Waals surface area contributed by atoms with Crippen LogP contribution in [0.3, 0.4) is 0 Å². The quantitative estimate of drug-likeness (QED) is 0.933. The van der Waals surface area contributed by atoms with Crippen molar-refractivity contribution in [3.8, 4) is 0 Å². The highest BCUT2D eigenvalue weighted by Crippen LogP contribution is 2.25. The van der Waals surface area contributed by atoms with E-state index < -0.39 is 0 Å². The Labute approximate surface area is 119 Å². The monoisotopic (exact) mass is 325 g/mol. The number of imidazole rings is 1. The summed E-state index contributed by atoms with van der Waals surface area (Å²) < 4.78 is 3.50. The Kier molecular flexibility index (Phi) is 3.82. The molecule has 1 saturated heterocycles. The molecule has 1 fully saturated rings. The first-order chi connectivity index (χ1) is 8.83. The van der Waals surface area contributed by atoms with Crippen LogP contribution in [0.5, 0.6) is 0 Å². The van der Waals surface area contributed by atoms with Gasteiger partial charge in [0.25, 0.3) is 0 Å². The second kappa shape index (κ2) is 5.55. The van der Waals surface area contributed by atoms with Gasteiger partial charge in [-0.05, 0) is 53.9 Å². The van der Waals surface area contributed by atoms with Crippen molar-refractivity contribution in [2.24, 2.45) is 0 Å². The van der Waals surface area contributed by atoms with Crippen LogP contribution < -0.4 is 5.32 Å². The summed E-state index contributed by atoms with van der Waals surface area (Å²) in [6.45, 7) is 2.15. The average Bonchev–Trinajstić information content (AvgIpc) is 3.07. The van der Waals surface area contributed by atoms with Gasteiger partial charge in [0.15, 0.2) is 0 Å². The molecule has 2 aromatic heterocycles. The van der Waals surface area contributed by atoms with E-state index in [0.29, 0.717) is 6.04 Å². The summed E-state index contributed by atoms with van der Waals surface area (Å²) >= 11 is 5.32. The van der Waals surface area contributed by atoms with Crippen molar-refractivity contribution in [2.45, 2.75) is 31.8 Å². The smallest absolute Gasteiger partial charge is 0.0948 e. The molecule has 0 saturated carbocycles. The average molecular weight is 326 g/mol. The molecule has 1 N–H and O–H groups in total. The maximum Gasteiger partial charge on any atom is 0.0948 e. The summed E-state index contributed by atoms with van der Waals surface area (Å²) in [7, 11) is 0. The van der Waals surface area contributed by atoms with E-state index in [9.17, 15) is 0 Å². The van der Waals surface area contributed by atoms with Gasteiger partial charge in [-0.1, -0.05) is 0 Å². The number of thiophene rings is 1. The van der Waals surface area contributed by atoms with Crippen molar-refractivity contribution in [3.63, 3.8) is 0 Å². The number of aryl methyl sites for hydroxylation is 2. The minimum absolute atomic E-state index is 0.502. The molecular formula is C13H16BrN3S. The second-order valence-electron chi connectivity index (χ2n) is 4.62. The molecule has 1 unspecified atom stereocenters. The van der Waals surface area contributed by atoms with E-state index in [0.717, 1.165) is 19.5 Å². The first kappa shape index (κ1) is 12.4. The molecule has 0 bridgehead atoms. The fourth-order valence-corrected chi connectivity index (χ4v) is 3.93. The van der Waals surface area contributed by atoms with E-state index >= 15 is 0 Å². The lowest BCUT2D eigenvalue weighted by Gasteiger charge is -2.13. The zero-order valence-corrected chi connectivity index (χ0v) is 12.5. The number of rotatable bonds is 4. The highest BCUT2D eigenvalue weighted by molar-refractivity contribution is 9.11. The molecular weight excluding hydrogens is 310 g/mol. The van der Waals surface area contributed by atoms with E-state index in [1.165, 1.54) is 27.2 Å². The van der Waals surface area contributed by atoms with E-state index in [4.69, 9.17) is 0 Å². The van der Waals surface area contributed by atoms with Gasteiger partial charge in [-0.25, -0.2) is 4.98 Å². The molecule has 18 heavy (non-hydrogen) atoms. The number of nitrogens with one attached hydrogen (secondary N) is 1. The van der Waals surface area contributed by atoms with Gasteiger partial charge in [0.2, 0.25) is 0 Å². The third-order valence-corrected chi connectivity index (χ3v) is 5.07. The van der Waals surface area contributed by atoms with Crippen LogP contribution in [0, 0.1) is 0 Å². The summed E-state index contributed by atoms with van der Waals surface area (Å²) in [6.07, 6.45) is 7.54. The van der Waals surface area contributed by atoms with Crippen LogP contribution in [-0.4, -0.2) is 16.1 Å². The van der Waals surface area contributed by atoms with E-state index in [1.807, 2.05) is 23.9 Å². The minimum Gasteiger partial charge on any atom is -0.333 e. The Balaban J connectivity index is 1.67. The van der Waals surface area contributed by atoms with Crippen LogP contribution in [0.25, 0.3) is 0 Å². The van der Waals surface area contributed by atoms with Gasteiger partial charge in [0.1, 0.15) is 0 Å². The van der Waals surface area contributed by atoms with Crippen LogP contribution in [0.15, 0.2) is 28.4 Å². The van der Waals surface area contributed by atoms with Gasteiger partial charge in [-0.15, -0.1) is 11.3 Å². The molecule has 0 aromatic carbocycles. The number of hydrogen-bond acceptors (Lipinski definition) is 3. The highest BCUT2D eigenvalue weighted by Gasteiger charge is 2.19. The summed E-state index contributed by atoms with van der Waals surface area (Å²) in [6, 6.07) is 4.81. The molecule has 0 radical (unpaired) electrons. The first-order valence-electron chi connectivity index (χ1n) is 6.30. The molecule has 1 aliphatic rings. The van der Waals surface area contributed by atoms with Crippen LogP contribution >= 0.6 is 27.3 Å². The van der Waals surface area contributed by atoms with Gasteiger partial charge < -0.3 is 9.88 Å². The van der Waals surface area contributed by atoms with Crippen LogP contribution in [-0.2, 0) is 13.0 Å². The molecule has 1 aliphatic heterocycles. The highest BCUT2D eigenvalue weighted by atomic mass is 79.9. The predicted octanol–water partition coefficient (Wildman–Crippen LogP) is 3.37. The largest absolute Gasteiger partial charge is 0.333 e. The molecule has 0 spiro atoms. The summed E-state index contributed by atoms with van der Waals surface area (Å²) in [5, 5.41) is 3.54. The van der Waals surface area contributed by atoms with Gasteiger partial charge in [-0.2, -0.15) is 0 Å². The Morgan fingerprint density at radius 1 is 1.50 bits per heavy atom. The fourth-order valence-electron chi connectivity index (χ4n) is 2.46. The summed E-state index contributed by atoms with van der Waals surface area (Å²) in [4.78, 5) is 5.72. The molecule has 2 aromatic rings. The van der Waals surface area contributed by atoms with Crippen LogP contribution in [0.1, 0.15) is 29.5 Å². The van der Waals surface area contributed by atoms with Gasteiger partial charge in [-0.3, -0.25) is 0 Å². The van der Waals surface area contributed by atoms with Crippen molar-refractivity contribution in [1.29, 1.82) is 0 Å². The Bertz CT molecular complexity index is 514.